The lowest BCUT2D eigenvalue weighted by molar-refractivity contribution is -0.135. The van der Waals surface area contributed by atoms with Gasteiger partial charge in [-0.2, -0.15) is 0 Å². The average Bonchev–Trinajstić information content (AvgIpc) is 2.22. The predicted octanol–water partition coefficient (Wildman–Crippen LogP) is 1.17. The molecule has 4 nitrogen and oxygen atoms in total. The molecule has 0 aromatic rings. The highest BCUT2D eigenvalue weighted by Crippen LogP contribution is 2.20. The van der Waals surface area contributed by atoms with Gasteiger partial charge in [0.15, 0.2) is 0 Å². The lowest BCUT2D eigenvalue weighted by Crippen LogP contribution is -2.14. The minimum absolute atomic E-state index is 0.310. The summed E-state index contributed by atoms with van der Waals surface area (Å²) in [4.78, 5) is 11.3. The first-order valence-corrected chi connectivity index (χ1v) is 4.55. The van der Waals surface area contributed by atoms with Crippen molar-refractivity contribution in [3.05, 3.63) is 35.1 Å². The fraction of sp³-hybridized carbons (Fsp3) is 0.273. The summed E-state index contributed by atoms with van der Waals surface area (Å²) in [6.07, 6.45) is 4.95. The van der Waals surface area contributed by atoms with E-state index in [1.807, 2.05) is 6.92 Å². The topological polar surface area (TPSA) is 62.2 Å². The molecular weight excluding hydrogens is 192 g/mol. The Hall–Kier alpha value is -1.84. The van der Waals surface area contributed by atoms with Gasteiger partial charge in [0, 0.05) is 18.8 Å². The Kier molecular flexibility index (Phi) is 3.44. The third-order valence-corrected chi connectivity index (χ3v) is 2.10. The van der Waals surface area contributed by atoms with Crippen LogP contribution in [0.5, 0.6) is 0 Å². The molecule has 0 aromatic carbocycles. The molecule has 0 fully saturated rings. The zero-order chi connectivity index (χ0) is 11.4. The molecular formula is C11H14N2O2. The van der Waals surface area contributed by atoms with E-state index in [0.717, 1.165) is 11.1 Å². The number of esters is 1. The third kappa shape index (κ3) is 2.34. The Balaban J connectivity index is 3.05. The first kappa shape index (κ1) is 11.2. The number of nitrogens with one attached hydrogen (secondary N) is 2. The fourth-order valence-electron chi connectivity index (χ4n) is 1.37. The van der Waals surface area contributed by atoms with Crippen LogP contribution in [0, 0.1) is 5.41 Å². The van der Waals surface area contributed by atoms with Crippen LogP contribution in [0.1, 0.15) is 6.92 Å². The van der Waals surface area contributed by atoms with E-state index in [1.165, 1.54) is 13.2 Å². The molecule has 0 spiro atoms. The monoisotopic (exact) mass is 206 g/mol. The zero-order valence-corrected chi connectivity index (χ0v) is 9.05. The van der Waals surface area contributed by atoms with Crippen LogP contribution in [0.2, 0.25) is 0 Å². The van der Waals surface area contributed by atoms with E-state index in [4.69, 9.17) is 5.41 Å². The summed E-state index contributed by atoms with van der Waals surface area (Å²) in [7, 11) is 3.10. The summed E-state index contributed by atoms with van der Waals surface area (Å²) in [6, 6.07) is 0. The van der Waals surface area contributed by atoms with Crippen LogP contribution in [0.15, 0.2) is 35.1 Å². The number of ether oxygens (including phenoxy) is 1. The van der Waals surface area contributed by atoms with Crippen molar-refractivity contribution in [2.24, 2.45) is 0 Å². The molecule has 0 heterocycles. The quantitative estimate of drug-likeness (QED) is 0.667. The van der Waals surface area contributed by atoms with E-state index in [0.29, 0.717) is 11.3 Å². The molecule has 0 aliphatic heterocycles. The van der Waals surface area contributed by atoms with Gasteiger partial charge in [-0.25, -0.2) is 4.79 Å². The number of carbonyl (C=O) groups excluding carboxylic acids is 1. The molecule has 0 saturated carbocycles. The normalized spacial score (nSPS) is 18.3. The van der Waals surface area contributed by atoms with Crippen LogP contribution >= 0.6 is 0 Å². The number of methoxy groups -OCH3 is 1. The number of hydrogen-bond donors (Lipinski definition) is 2. The Morgan fingerprint density at radius 3 is 2.67 bits per heavy atom. The van der Waals surface area contributed by atoms with Gasteiger partial charge in [-0.1, -0.05) is 0 Å². The van der Waals surface area contributed by atoms with Gasteiger partial charge in [0.25, 0.3) is 0 Å². The minimum Gasteiger partial charge on any atom is -0.465 e. The molecule has 1 aliphatic carbocycles. The summed E-state index contributed by atoms with van der Waals surface area (Å²) in [5, 5.41) is 10.6. The van der Waals surface area contributed by atoms with E-state index in [-0.39, 0.29) is 0 Å². The van der Waals surface area contributed by atoms with Gasteiger partial charge in [-0.3, -0.25) is 0 Å². The highest BCUT2D eigenvalue weighted by atomic mass is 16.5. The van der Waals surface area contributed by atoms with Crippen LogP contribution in [-0.4, -0.2) is 25.8 Å². The van der Waals surface area contributed by atoms with E-state index in [2.05, 4.69) is 10.1 Å². The van der Waals surface area contributed by atoms with Gasteiger partial charge in [-0.05, 0) is 24.6 Å². The van der Waals surface area contributed by atoms with Crippen molar-refractivity contribution in [1.82, 2.24) is 5.32 Å². The first-order chi connectivity index (χ1) is 7.10. The number of carbonyl (C=O) groups is 1. The van der Waals surface area contributed by atoms with Gasteiger partial charge < -0.3 is 15.5 Å². The highest BCUT2D eigenvalue weighted by Gasteiger charge is 2.17. The molecule has 0 atom stereocenters. The molecule has 0 bridgehead atoms. The first-order valence-electron chi connectivity index (χ1n) is 4.55. The van der Waals surface area contributed by atoms with Crippen LogP contribution < -0.4 is 5.32 Å². The molecule has 15 heavy (non-hydrogen) atoms. The van der Waals surface area contributed by atoms with Gasteiger partial charge in [0.05, 0.1) is 18.4 Å². The summed E-state index contributed by atoms with van der Waals surface area (Å²) < 4.78 is 4.60. The average molecular weight is 206 g/mol. The maximum Gasteiger partial charge on any atom is 0.337 e. The maximum absolute atomic E-state index is 11.3. The molecule has 1 rings (SSSR count). The summed E-state index contributed by atoms with van der Waals surface area (Å²) in [5.41, 5.74) is 2.38. The number of allylic oxidation sites excluding steroid dienone is 3. The molecule has 0 aromatic heterocycles. The second-order valence-corrected chi connectivity index (χ2v) is 3.18. The fourth-order valence-corrected chi connectivity index (χ4v) is 1.37. The van der Waals surface area contributed by atoms with Crippen molar-refractivity contribution >= 4 is 11.7 Å². The standard InChI is InChI=1S/C11H14N2O2/c1-7-4-8(11(14)15-3)5-10(12)9(7)6-13-2/h4-6,12-13H,1-3H3/b9-6-,12-10?. The lowest BCUT2D eigenvalue weighted by Gasteiger charge is -2.13. The van der Waals surface area contributed by atoms with Crippen LogP contribution in [0.25, 0.3) is 0 Å². The third-order valence-electron chi connectivity index (χ3n) is 2.10. The summed E-state index contributed by atoms with van der Waals surface area (Å²) in [5.74, 6) is -0.414. The molecule has 0 amide bonds. The molecule has 0 radical (unpaired) electrons. The Morgan fingerprint density at radius 1 is 1.53 bits per heavy atom. The molecule has 1 aliphatic rings. The number of rotatable bonds is 2. The molecule has 80 valence electrons. The van der Waals surface area contributed by atoms with Gasteiger partial charge in [-0.15, -0.1) is 0 Å². The zero-order valence-electron chi connectivity index (χ0n) is 9.05. The summed E-state index contributed by atoms with van der Waals surface area (Å²) in [6.45, 7) is 1.85. The minimum atomic E-state index is -0.414. The molecule has 4 heteroatoms. The van der Waals surface area contributed by atoms with Crippen molar-refractivity contribution in [2.45, 2.75) is 6.92 Å². The second-order valence-electron chi connectivity index (χ2n) is 3.18. The van der Waals surface area contributed by atoms with Crippen molar-refractivity contribution in [3.8, 4) is 0 Å². The van der Waals surface area contributed by atoms with Crippen molar-refractivity contribution in [2.75, 3.05) is 14.2 Å². The van der Waals surface area contributed by atoms with Crippen LogP contribution in [-0.2, 0) is 9.53 Å². The molecule has 0 saturated heterocycles. The predicted molar refractivity (Wildman–Crippen MR) is 58.7 cm³/mol. The lowest BCUT2D eigenvalue weighted by atomic mass is 9.94. The molecule has 2 N–H and O–H groups in total. The van der Waals surface area contributed by atoms with E-state index >= 15 is 0 Å². The van der Waals surface area contributed by atoms with Crippen molar-refractivity contribution in [3.63, 3.8) is 0 Å². The van der Waals surface area contributed by atoms with E-state index in [1.54, 1.807) is 19.3 Å². The smallest absolute Gasteiger partial charge is 0.337 e. The largest absolute Gasteiger partial charge is 0.465 e. The van der Waals surface area contributed by atoms with E-state index in [9.17, 15) is 4.79 Å². The highest BCUT2D eigenvalue weighted by molar-refractivity contribution is 6.15. The van der Waals surface area contributed by atoms with Gasteiger partial charge in [0.1, 0.15) is 0 Å². The maximum atomic E-state index is 11.3. The Labute approximate surface area is 88.8 Å². The van der Waals surface area contributed by atoms with Crippen LogP contribution in [0.3, 0.4) is 0 Å². The van der Waals surface area contributed by atoms with Gasteiger partial charge in [0.2, 0.25) is 0 Å². The summed E-state index contributed by atoms with van der Waals surface area (Å²) >= 11 is 0. The Morgan fingerprint density at radius 2 is 2.20 bits per heavy atom. The Bertz CT molecular complexity index is 389. The van der Waals surface area contributed by atoms with E-state index < -0.39 is 5.97 Å². The molecule has 0 unspecified atom stereocenters. The van der Waals surface area contributed by atoms with Crippen molar-refractivity contribution < 1.29 is 9.53 Å². The van der Waals surface area contributed by atoms with Crippen molar-refractivity contribution in [1.29, 1.82) is 5.41 Å². The van der Waals surface area contributed by atoms with Gasteiger partial charge >= 0.3 is 5.97 Å². The van der Waals surface area contributed by atoms with Crippen LogP contribution in [0.4, 0.5) is 0 Å². The second kappa shape index (κ2) is 4.59. The SMILES string of the molecule is CN/C=C1\C(=N)C=C(C(=O)OC)C=C1C. The number of hydrogen-bond acceptors (Lipinski definition) is 4.